The maximum Gasteiger partial charge on any atom is 0.283 e. The Morgan fingerprint density at radius 2 is 2.20 bits per heavy atom. The number of rotatable bonds is 5. The van der Waals surface area contributed by atoms with Gasteiger partial charge in [0.15, 0.2) is 0 Å². The lowest BCUT2D eigenvalue weighted by atomic mass is 10.2. The molecule has 0 amide bonds. The molecule has 0 aromatic heterocycles. The molecule has 1 atom stereocenters. The van der Waals surface area contributed by atoms with Gasteiger partial charge in [0.25, 0.3) is 5.69 Å². The Balaban J connectivity index is 1.58. The first-order valence-electron chi connectivity index (χ1n) is 7.04. The second-order valence-corrected chi connectivity index (χ2v) is 6.39. The van der Waals surface area contributed by atoms with Crippen molar-refractivity contribution in [2.75, 3.05) is 13.1 Å². The minimum Gasteiger partial charge on any atom is -0.309 e. The van der Waals surface area contributed by atoms with Gasteiger partial charge in [0.05, 0.1) is 9.40 Å². The molecule has 1 heterocycles. The van der Waals surface area contributed by atoms with Crippen molar-refractivity contribution in [3.05, 3.63) is 38.3 Å². The van der Waals surface area contributed by atoms with Gasteiger partial charge in [-0.05, 0) is 40.8 Å². The van der Waals surface area contributed by atoms with Crippen molar-refractivity contribution in [1.82, 2.24) is 10.2 Å². The summed E-state index contributed by atoms with van der Waals surface area (Å²) in [6.07, 6.45) is 3.87. The van der Waals surface area contributed by atoms with Crippen molar-refractivity contribution >= 4 is 21.6 Å². The number of nitro groups is 1. The number of likely N-dealkylation sites (tertiary alicyclic amines) is 1. The lowest BCUT2D eigenvalue weighted by Crippen LogP contribution is -2.33. The van der Waals surface area contributed by atoms with Gasteiger partial charge in [-0.1, -0.05) is 12.1 Å². The topological polar surface area (TPSA) is 58.4 Å². The predicted octanol–water partition coefficient (Wildman–Crippen LogP) is 2.68. The standard InChI is InChI=1S/C14H18BrN3O2/c15-14-10(2-1-3-13(14)18(19)20)8-16-11-6-7-17(9-11)12-4-5-12/h1-3,11-12,16H,4-9H2. The van der Waals surface area contributed by atoms with Crippen LogP contribution in [0, 0.1) is 10.1 Å². The molecule has 1 aromatic rings. The second-order valence-electron chi connectivity index (χ2n) is 5.60. The van der Waals surface area contributed by atoms with Crippen LogP contribution < -0.4 is 5.32 Å². The average Bonchev–Trinajstić information content (AvgIpc) is 3.17. The zero-order valence-corrected chi connectivity index (χ0v) is 12.8. The highest BCUT2D eigenvalue weighted by Crippen LogP contribution is 2.31. The molecule has 1 saturated carbocycles. The summed E-state index contributed by atoms with van der Waals surface area (Å²) in [6.45, 7) is 2.96. The number of hydrogen-bond donors (Lipinski definition) is 1. The van der Waals surface area contributed by atoms with Gasteiger partial charge >= 0.3 is 0 Å². The van der Waals surface area contributed by atoms with Crippen molar-refractivity contribution in [2.24, 2.45) is 0 Å². The van der Waals surface area contributed by atoms with E-state index < -0.39 is 0 Å². The van der Waals surface area contributed by atoms with Gasteiger partial charge in [0, 0.05) is 37.8 Å². The largest absolute Gasteiger partial charge is 0.309 e. The van der Waals surface area contributed by atoms with Crippen molar-refractivity contribution in [3.63, 3.8) is 0 Å². The molecule has 1 aliphatic heterocycles. The highest BCUT2D eigenvalue weighted by Gasteiger charge is 2.34. The number of nitrogens with zero attached hydrogens (tertiary/aromatic N) is 2. The first-order valence-corrected chi connectivity index (χ1v) is 7.83. The fourth-order valence-corrected chi connectivity index (χ4v) is 3.37. The molecule has 6 heteroatoms. The fourth-order valence-electron chi connectivity index (χ4n) is 2.82. The van der Waals surface area contributed by atoms with Crippen LogP contribution >= 0.6 is 15.9 Å². The minimum absolute atomic E-state index is 0.135. The van der Waals surface area contributed by atoms with Crippen molar-refractivity contribution < 1.29 is 4.92 Å². The third-order valence-corrected chi connectivity index (χ3v) is 5.03. The van der Waals surface area contributed by atoms with Crippen LogP contribution in [0.15, 0.2) is 22.7 Å². The van der Waals surface area contributed by atoms with Gasteiger partial charge in [0.2, 0.25) is 0 Å². The number of halogens is 1. The molecule has 0 radical (unpaired) electrons. The lowest BCUT2D eigenvalue weighted by Gasteiger charge is -2.16. The minimum atomic E-state index is -0.349. The number of nitrogens with one attached hydrogen (secondary N) is 1. The molecule has 2 aliphatic rings. The molecule has 0 spiro atoms. The summed E-state index contributed by atoms with van der Waals surface area (Å²) >= 11 is 3.34. The highest BCUT2D eigenvalue weighted by atomic mass is 79.9. The van der Waals surface area contributed by atoms with E-state index >= 15 is 0 Å². The first kappa shape index (κ1) is 14.0. The third-order valence-electron chi connectivity index (χ3n) is 4.12. The van der Waals surface area contributed by atoms with Gasteiger partial charge in [-0.3, -0.25) is 15.0 Å². The molecule has 1 N–H and O–H groups in total. The molecule has 1 unspecified atom stereocenters. The van der Waals surface area contributed by atoms with Crippen LogP contribution in [0.2, 0.25) is 0 Å². The van der Waals surface area contributed by atoms with E-state index in [1.807, 2.05) is 6.07 Å². The average molecular weight is 340 g/mol. The van der Waals surface area contributed by atoms with Crippen LogP contribution in [-0.2, 0) is 6.54 Å². The van der Waals surface area contributed by atoms with Gasteiger partial charge < -0.3 is 5.32 Å². The number of nitro benzene ring substituents is 1. The zero-order valence-electron chi connectivity index (χ0n) is 11.2. The Bertz CT molecular complexity index is 519. The molecular weight excluding hydrogens is 322 g/mol. The van der Waals surface area contributed by atoms with Gasteiger partial charge in [0.1, 0.15) is 0 Å². The third kappa shape index (κ3) is 3.02. The molecule has 2 fully saturated rings. The highest BCUT2D eigenvalue weighted by molar-refractivity contribution is 9.10. The molecule has 20 heavy (non-hydrogen) atoms. The van der Waals surface area contributed by atoms with Crippen molar-refractivity contribution in [3.8, 4) is 0 Å². The molecule has 1 aromatic carbocycles. The second kappa shape index (κ2) is 5.79. The van der Waals surface area contributed by atoms with Crippen LogP contribution in [-0.4, -0.2) is 35.0 Å². The van der Waals surface area contributed by atoms with Crippen molar-refractivity contribution in [2.45, 2.75) is 37.9 Å². The van der Waals surface area contributed by atoms with Gasteiger partial charge in [-0.25, -0.2) is 0 Å². The Hall–Kier alpha value is -0.980. The Kier molecular flexibility index (Phi) is 4.05. The van der Waals surface area contributed by atoms with Crippen LogP contribution in [0.5, 0.6) is 0 Å². The van der Waals surface area contributed by atoms with E-state index in [1.165, 1.54) is 31.9 Å². The Morgan fingerprint density at radius 1 is 1.40 bits per heavy atom. The van der Waals surface area contributed by atoms with E-state index in [0.29, 0.717) is 17.1 Å². The smallest absolute Gasteiger partial charge is 0.283 e. The Labute approximate surface area is 126 Å². The molecule has 108 valence electrons. The summed E-state index contributed by atoms with van der Waals surface area (Å²) in [6, 6.07) is 6.52. The van der Waals surface area contributed by atoms with Crippen LogP contribution in [0.25, 0.3) is 0 Å². The molecule has 1 aliphatic carbocycles. The SMILES string of the molecule is O=[N+]([O-])c1cccc(CNC2CCN(C3CC3)C2)c1Br. The number of benzene rings is 1. The van der Waals surface area contributed by atoms with Crippen molar-refractivity contribution in [1.29, 1.82) is 0 Å². The van der Waals surface area contributed by atoms with Gasteiger partial charge in [-0.15, -0.1) is 0 Å². The summed E-state index contributed by atoms with van der Waals surface area (Å²) in [5.74, 6) is 0. The van der Waals surface area contributed by atoms with Crippen LogP contribution in [0.3, 0.4) is 0 Å². The molecule has 5 nitrogen and oxygen atoms in total. The molecule has 3 rings (SSSR count). The summed E-state index contributed by atoms with van der Waals surface area (Å²) in [5.41, 5.74) is 1.08. The van der Waals surface area contributed by atoms with E-state index in [-0.39, 0.29) is 10.6 Å². The van der Waals surface area contributed by atoms with E-state index in [0.717, 1.165) is 18.2 Å². The molecule has 1 saturated heterocycles. The van der Waals surface area contributed by atoms with E-state index in [2.05, 4.69) is 26.1 Å². The lowest BCUT2D eigenvalue weighted by molar-refractivity contribution is -0.385. The van der Waals surface area contributed by atoms with Crippen LogP contribution in [0.1, 0.15) is 24.8 Å². The Morgan fingerprint density at radius 3 is 2.90 bits per heavy atom. The van der Waals surface area contributed by atoms with Crippen LogP contribution in [0.4, 0.5) is 5.69 Å². The van der Waals surface area contributed by atoms with E-state index in [9.17, 15) is 10.1 Å². The predicted molar refractivity (Wildman–Crippen MR) is 80.6 cm³/mol. The summed E-state index contributed by atoms with van der Waals surface area (Å²) in [7, 11) is 0. The maximum absolute atomic E-state index is 10.9. The number of hydrogen-bond acceptors (Lipinski definition) is 4. The first-order chi connectivity index (χ1) is 9.65. The van der Waals surface area contributed by atoms with Gasteiger partial charge in [-0.2, -0.15) is 0 Å². The maximum atomic E-state index is 10.9. The summed E-state index contributed by atoms with van der Waals surface area (Å²) in [5, 5.41) is 14.4. The normalized spacial score (nSPS) is 23.1. The summed E-state index contributed by atoms with van der Waals surface area (Å²) < 4.78 is 0.592. The monoisotopic (exact) mass is 339 g/mol. The molecule has 0 bridgehead atoms. The summed E-state index contributed by atoms with van der Waals surface area (Å²) in [4.78, 5) is 13.1. The molecular formula is C14H18BrN3O2. The van der Waals surface area contributed by atoms with E-state index in [4.69, 9.17) is 0 Å². The zero-order chi connectivity index (χ0) is 14.1. The fraction of sp³-hybridized carbons (Fsp3) is 0.571. The quantitative estimate of drug-likeness (QED) is 0.661. The van der Waals surface area contributed by atoms with E-state index in [1.54, 1.807) is 6.07 Å².